The maximum absolute atomic E-state index is 13.8. The first-order valence-corrected chi connectivity index (χ1v) is 24.0. The normalized spacial score (nSPS) is 12.0. The van der Waals surface area contributed by atoms with E-state index in [1.165, 1.54) is 154 Å². The molecule has 0 bridgehead atoms. The van der Waals surface area contributed by atoms with Crippen LogP contribution in [0.4, 0.5) is 0 Å². The number of nitrogens with zero attached hydrogens (tertiary/aromatic N) is 1. The Bertz CT molecular complexity index is 1150. The largest absolute Gasteiger partial charge is 0.530 e. The van der Waals surface area contributed by atoms with Gasteiger partial charge < -0.3 is 4.52 Å². The molecular formula is C48H81NO4P+. The second-order valence-electron chi connectivity index (χ2n) is 15.3. The van der Waals surface area contributed by atoms with Crippen LogP contribution in [0.3, 0.4) is 0 Å². The highest BCUT2D eigenvalue weighted by Gasteiger charge is 2.28. The molecular weight excluding hydrogens is 686 g/mol. The highest BCUT2D eigenvalue weighted by atomic mass is 31.2. The summed E-state index contributed by atoms with van der Waals surface area (Å²) in [5.41, 5.74) is 1.14. The zero-order valence-electron chi connectivity index (χ0n) is 35.0. The van der Waals surface area contributed by atoms with Crippen LogP contribution in [-0.4, -0.2) is 13.2 Å². The fourth-order valence-electron chi connectivity index (χ4n) is 6.68. The molecule has 1 aromatic carbocycles. The molecule has 0 unspecified atom stereocenters. The number of phosphoric ester groups is 1. The second-order valence-corrected chi connectivity index (χ2v) is 16.9. The Morgan fingerprint density at radius 2 is 0.852 bits per heavy atom. The highest BCUT2D eigenvalue weighted by Crippen LogP contribution is 2.50. The van der Waals surface area contributed by atoms with Gasteiger partial charge in [0.2, 0.25) is 0 Å². The van der Waals surface area contributed by atoms with Crippen molar-refractivity contribution in [2.45, 2.75) is 200 Å². The summed E-state index contributed by atoms with van der Waals surface area (Å²) < 4.78 is 33.7. The van der Waals surface area contributed by atoms with Gasteiger partial charge in [-0.25, -0.2) is 9.13 Å². The molecule has 2 aromatic rings. The molecule has 0 aliphatic rings. The minimum absolute atomic E-state index is 0.384. The third-order valence-corrected chi connectivity index (χ3v) is 11.5. The van der Waals surface area contributed by atoms with Gasteiger partial charge in [-0.1, -0.05) is 160 Å². The first-order valence-electron chi connectivity index (χ1n) is 22.6. The van der Waals surface area contributed by atoms with Crippen LogP contribution in [0.2, 0.25) is 0 Å². The van der Waals surface area contributed by atoms with Crippen molar-refractivity contribution in [1.82, 2.24) is 0 Å². The van der Waals surface area contributed by atoms with Gasteiger partial charge in [0.05, 0.1) is 13.2 Å². The Kier molecular flexibility index (Phi) is 31.3. The first kappa shape index (κ1) is 48.0. The van der Waals surface area contributed by atoms with Gasteiger partial charge in [-0.05, 0) is 88.5 Å². The van der Waals surface area contributed by atoms with Crippen LogP contribution in [0.1, 0.15) is 199 Å². The summed E-state index contributed by atoms with van der Waals surface area (Å²) in [5, 5.41) is 0. The maximum atomic E-state index is 13.8. The van der Waals surface area contributed by atoms with E-state index in [1.54, 1.807) is 0 Å². The van der Waals surface area contributed by atoms with Gasteiger partial charge in [-0.3, -0.25) is 9.05 Å². The first-order chi connectivity index (χ1) is 26.6. The van der Waals surface area contributed by atoms with Crippen LogP contribution in [0.25, 0.3) is 0 Å². The SMILES string of the molecule is CCCCCCCC/C=C\CCCCCCCCOP(=O)(OCCCCCCCC/C=C\CCCCCCCC)Oc1ccc(C[n+]2ccccc2)cc1. The average Bonchev–Trinajstić information content (AvgIpc) is 3.18. The summed E-state index contributed by atoms with van der Waals surface area (Å²) in [6, 6.07) is 13.8. The summed E-state index contributed by atoms with van der Waals surface area (Å²) >= 11 is 0. The third kappa shape index (κ3) is 28.2. The molecule has 0 fully saturated rings. The van der Waals surface area contributed by atoms with Crippen molar-refractivity contribution < 1.29 is 22.7 Å². The molecule has 0 radical (unpaired) electrons. The molecule has 1 aromatic heterocycles. The van der Waals surface area contributed by atoms with Crippen LogP contribution in [0.15, 0.2) is 79.2 Å². The number of allylic oxidation sites excluding steroid dienone is 4. The van der Waals surface area contributed by atoms with E-state index in [0.29, 0.717) is 19.0 Å². The number of hydrogen-bond donors (Lipinski definition) is 0. The van der Waals surface area contributed by atoms with Gasteiger partial charge in [0.25, 0.3) is 0 Å². The van der Waals surface area contributed by atoms with E-state index in [1.807, 2.05) is 54.9 Å². The van der Waals surface area contributed by atoms with Crippen molar-refractivity contribution in [3.63, 3.8) is 0 Å². The fourth-order valence-corrected chi connectivity index (χ4v) is 7.94. The summed E-state index contributed by atoms with van der Waals surface area (Å²) in [7, 11) is -3.72. The number of hydrogen-bond acceptors (Lipinski definition) is 4. The third-order valence-electron chi connectivity index (χ3n) is 10.1. The van der Waals surface area contributed by atoms with E-state index in [4.69, 9.17) is 13.6 Å². The van der Waals surface area contributed by atoms with Crippen LogP contribution in [-0.2, 0) is 20.2 Å². The summed E-state index contributed by atoms with van der Waals surface area (Å²) in [6.07, 6.45) is 48.6. The van der Waals surface area contributed by atoms with Crippen LogP contribution in [0, 0.1) is 0 Å². The molecule has 0 aliphatic heterocycles. The number of unbranched alkanes of at least 4 members (excludes halogenated alkanes) is 24. The van der Waals surface area contributed by atoms with E-state index in [9.17, 15) is 4.57 Å². The van der Waals surface area contributed by atoms with Crippen molar-refractivity contribution in [3.05, 3.63) is 84.7 Å². The molecule has 5 nitrogen and oxygen atoms in total. The van der Waals surface area contributed by atoms with Crippen molar-refractivity contribution in [3.8, 4) is 5.75 Å². The minimum Gasteiger partial charge on any atom is -0.404 e. The van der Waals surface area contributed by atoms with Crippen molar-refractivity contribution in [1.29, 1.82) is 0 Å². The van der Waals surface area contributed by atoms with Crippen LogP contribution in [0.5, 0.6) is 5.75 Å². The quantitative estimate of drug-likeness (QED) is 0.0296. The van der Waals surface area contributed by atoms with E-state index in [2.05, 4.69) is 42.7 Å². The van der Waals surface area contributed by atoms with Gasteiger partial charge in [0.15, 0.2) is 18.9 Å². The predicted molar refractivity (Wildman–Crippen MR) is 231 cm³/mol. The lowest BCUT2D eigenvalue weighted by molar-refractivity contribution is -0.688. The van der Waals surface area contributed by atoms with E-state index < -0.39 is 7.82 Å². The minimum atomic E-state index is -3.72. The zero-order valence-corrected chi connectivity index (χ0v) is 35.8. The molecule has 1 heterocycles. The van der Waals surface area contributed by atoms with Gasteiger partial charge in [-0.2, -0.15) is 0 Å². The van der Waals surface area contributed by atoms with Crippen molar-refractivity contribution >= 4 is 7.82 Å². The number of rotatable bonds is 38. The van der Waals surface area contributed by atoms with Gasteiger partial charge in [0.1, 0.15) is 5.75 Å². The standard InChI is InChI=1S/C48H81NO4P/c1-3-5-7-9-11-13-15-17-19-21-23-25-27-29-31-36-44-51-54(50,53-48-40-38-47(39-41-48)46-49-42-34-33-35-43-49)52-45-37-32-30-28-26-24-22-20-18-16-14-12-10-8-6-4-2/h17-20,33-35,38-43H,3-16,21-32,36-37,44-46H2,1-2H3/q+1/b19-17-,20-18-. The average molecular weight is 767 g/mol. The Balaban J connectivity index is 1.63. The molecule has 0 amide bonds. The molecule has 0 atom stereocenters. The molecule has 0 spiro atoms. The molecule has 0 aliphatic carbocycles. The molecule has 0 saturated heterocycles. The smallest absolute Gasteiger partial charge is 0.404 e. The lowest BCUT2D eigenvalue weighted by Crippen LogP contribution is -2.32. The molecule has 54 heavy (non-hydrogen) atoms. The number of aromatic nitrogens is 1. The monoisotopic (exact) mass is 767 g/mol. The molecule has 2 rings (SSSR count). The zero-order chi connectivity index (χ0) is 38.5. The molecule has 306 valence electrons. The molecule has 6 heteroatoms. The van der Waals surface area contributed by atoms with Gasteiger partial charge in [0, 0.05) is 17.7 Å². The van der Waals surface area contributed by atoms with Crippen molar-refractivity contribution in [2.24, 2.45) is 0 Å². The Morgan fingerprint density at radius 1 is 0.481 bits per heavy atom. The summed E-state index contributed by atoms with van der Waals surface area (Å²) in [5.74, 6) is 0.516. The number of pyridine rings is 1. The van der Waals surface area contributed by atoms with E-state index >= 15 is 0 Å². The topological polar surface area (TPSA) is 48.6 Å². The molecule has 0 N–H and O–H groups in total. The summed E-state index contributed by atoms with van der Waals surface area (Å²) in [6.45, 7) is 6.08. The highest BCUT2D eigenvalue weighted by molar-refractivity contribution is 7.48. The Morgan fingerprint density at radius 3 is 1.26 bits per heavy atom. The van der Waals surface area contributed by atoms with Gasteiger partial charge >= 0.3 is 7.82 Å². The Hall–Kier alpha value is -2.20. The lowest BCUT2D eigenvalue weighted by atomic mass is 10.1. The lowest BCUT2D eigenvalue weighted by Gasteiger charge is -2.19. The fraction of sp³-hybridized carbons (Fsp3) is 0.688. The van der Waals surface area contributed by atoms with Crippen LogP contribution < -0.4 is 9.09 Å². The second kappa shape index (κ2) is 35.2. The number of benzene rings is 1. The number of phosphoric acid groups is 1. The van der Waals surface area contributed by atoms with E-state index in [0.717, 1.165) is 37.8 Å². The van der Waals surface area contributed by atoms with E-state index in [-0.39, 0.29) is 0 Å². The van der Waals surface area contributed by atoms with Gasteiger partial charge in [-0.15, -0.1) is 0 Å². The molecule has 0 saturated carbocycles. The predicted octanol–water partition coefficient (Wildman–Crippen LogP) is 15.6. The Labute approximate surface area is 333 Å². The maximum Gasteiger partial charge on any atom is 0.530 e. The van der Waals surface area contributed by atoms with Crippen LogP contribution >= 0.6 is 7.82 Å². The summed E-state index contributed by atoms with van der Waals surface area (Å²) in [4.78, 5) is 0. The van der Waals surface area contributed by atoms with Crippen molar-refractivity contribution in [2.75, 3.05) is 13.2 Å².